The van der Waals surface area contributed by atoms with Gasteiger partial charge in [-0.1, -0.05) is 5.92 Å². The van der Waals surface area contributed by atoms with Crippen molar-refractivity contribution in [3.05, 3.63) is 58.1 Å². The highest BCUT2D eigenvalue weighted by atomic mass is 32.2. The molecule has 0 saturated carbocycles. The van der Waals surface area contributed by atoms with Gasteiger partial charge in [-0.05, 0) is 42.1 Å². The number of anilines is 1. The molecule has 2 aromatic carbocycles. The summed E-state index contributed by atoms with van der Waals surface area (Å²) in [6, 6.07) is 10.4. The molecule has 0 spiro atoms. The lowest BCUT2D eigenvalue weighted by Crippen LogP contribution is -2.32. The normalized spacial score (nSPS) is 10.7. The number of carbonyl (C=O) groups excluding carboxylic acids is 1. The number of hydrazone groups is 1. The van der Waals surface area contributed by atoms with Gasteiger partial charge in [0, 0.05) is 29.8 Å². The Morgan fingerprint density at radius 3 is 2.62 bits per heavy atom. The summed E-state index contributed by atoms with van der Waals surface area (Å²) in [6.07, 6.45) is 5.14. The molecular weight excluding hydrogens is 396 g/mol. The Bertz CT molecular complexity index is 969. The first-order valence-corrected chi connectivity index (χ1v) is 8.87. The summed E-state index contributed by atoms with van der Waals surface area (Å²) in [5.41, 5.74) is 0.305. The molecule has 0 heterocycles. The van der Waals surface area contributed by atoms with Gasteiger partial charge in [0.05, 0.1) is 10.5 Å². The third-order valence-corrected chi connectivity index (χ3v) is 4.62. The van der Waals surface area contributed by atoms with E-state index < -0.39 is 10.8 Å². The highest BCUT2D eigenvalue weighted by molar-refractivity contribution is 8.13. The zero-order valence-corrected chi connectivity index (χ0v) is 16.2. The molecule has 0 atom stereocenters. The number of hydrogen-bond donors (Lipinski definition) is 3. The quantitative estimate of drug-likeness (QED) is 0.124. The van der Waals surface area contributed by atoms with E-state index in [-0.39, 0.29) is 23.0 Å². The van der Waals surface area contributed by atoms with Gasteiger partial charge >= 0.3 is 0 Å². The van der Waals surface area contributed by atoms with E-state index in [0.717, 1.165) is 11.8 Å². The monoisotopic (exact) mass is 414 g/mol. The van der Waals surface area contributed by atoms with Crippen LogP contribution in [0.25, 0.3) is 0 Å². The van der Waals surface area contributed by atoms with Gasteiger partial charge in [-0.3, -0.25) is 19.9 Å². The molecule has 0 fully saturated rings. The van der Waals surface area contributed by atoms with Crippen LogP contribution in [0.15, 0.2) is 52.5 Å². The summed E-state index contributed by atoms with van der Waals surface area (Å²) < 4.78 is 5.27. The standard InChI is InChI=1S/C18H18N6O4S/c1-3-10-28-14-7-4-12(5-8-14)21-17(25)15-11-13(24(26)27)6-9-16(15)29-18(22-19)23(2)20/h1,4-9,11H,10,19-20H2,2H3,(H,21,25)/b22-18+. The van der Waals surface area contributed by atoms with Crippen molar-refractivity contribution in [2.24, 2.45) is 16.8 Å². The number of hydrazine groups is 1. The van der Waals surface area contributed by atoms with Crippen LogP contribution in [0, 0.1) is 22.5 Å². The van der Waals surface area contributed by atoms with Gasteiger partial charge in [-0.25, -0.2) is 5.84 Å². The second kappa shape index (κ2) is 9.98. The molecule has 0 aliphatic carbocycles. The van der Waals surface area contributed by atoms with Crippen LogP contribution in [0.3, 0.4) is 0 Å². The summed E-state index contributed by atoms with van der Waals surface area (Å²) in [7, 11) is 1.52. The third kappa shape index (κ3) is 5.86. The van der Waals surface area contributed by atoms with E-state index in [1.165, 1.54) is 30.3 Å². The number of amides is 1. The number of nitrogens with zero attached hydrogens (tertiary/aromatic N) is 3. The molecular formula is C18H18N6O4S. The van der Waals surface area contributed by atoms with Crippen LogP contribution in [-0.4, -0.2) is 34.7 Å². The summed E-state index contributed by atoms with van der Waals surface area (Å²) in [5, 5.41) is 18.7. The maximum atomic E-state index is 12.8. The van der Waals surface area contributed by atoms with Gasteiger partial charge in [0.1, 0.15) is 12.4 Å². The molecule has 2 aromatic rings. The van der Waals surface area contributed by atoms with Crippen LogP contribution in [0.1, 0.15) is 10.4 Å². The van der Waals surface area contributed by atoms with Gasteiger partial charge in [-0.15, -0.1) is 6.42 Å². The van der Waals surface area contributed by atoms with Crippen LogP contribution >= 0.6 is 11.8 Å². The van der Waals surface area contributed by atoms with Crippen molar-refractivity contribution in [2.45, 2.75) is 4.90 Å². The fourth-order valence-corrected chi connectivity index (χ4v) is 2.93. The van der Waals surface area contributed by atoms with E-state index in [9.17, 15) is 14.9 Å². The number of terminal acetylenes is 1. The predicted molar refractivity (Wildman–Crippen MR) is 111 cm³/mol. The number of nitrogens with one attached hydrogen (secondary N) is 1. The van der Waals surface area contributed by atoms with Crippen molar-refractivity contribution in [1.29, 1.82) is 0 Å². The van der Waals surface area contributed by atoms with Crippen molar-refractivity contribution in [1.82, 2.24) is 5.01 Å². The maximum Gasteiger partial charge on any atom is 0.270 e. The van der Waals surface area contributed by atoms with Crippen LogP contribution in [0.4, 0.5) is 11.4 Å². The number of nitro groups is 1. The van der Waals surface area contributed by atoms with E-state index in [2.05, 4.69) is 16.3 Å². The summed E-state index contributed by atoms with van der Waals surface area (Å²) in [6.45, 7) is 0.126. The Hall–Kier alpha value is -3.75. The minimum Gasteiger partial charge on any atom is -0.481 e. The Morgan fingerprint density at radius 1 is 1.38 bits per heavy atom. The van der Waals surface area contributed by atoms with Gasteiger partial charge < -0.3 is 15.9 Å². The topological polar surface area (TPSA) is 149 Å². The summed E-state index contributed by atoms with van der Waals surface area (Å²) in [4.78, 5) is 23.7. The molecule has 0 bridgehead atoms. The SMILES string of the molecule is C#CCOc1ccc(NC(=O)c2cc([N+](=O)[O-])ccc2S/C(=N/N)N(C)N)cc1. The molecule has 2 rings (SSSR count). The molecule has 0 radical (unpaired) electrons. The van der Waals surface area contributed by atoms with E-state index in [1.54, 1.807) is 24.3 Å². The van der Waals surface area contributed by atoms with Gasteiger partial charge in [0.25, 0.3) is 11.6 Å². The zero-order valence-electron chi connectivity index (χ0n) is 15.4. The number of rotatable bonds is 6. The van der Waals surface area contributed by atoms with Crippen molar-refractivity contribution < 1.29 is 14.5 Å². The lowest BCUT2D eigenvalue weighted by Gasteiger charge is -2.15. The minimum absolute atomic E-state index is 0.0693. The molecule has 0 aliphatic heterocycles. The van der Waals surface area contributed by atoms with Crippen LogP contribution < -0.4 is 21.7 Å². The Kier molecular flexibility index (Phi) is 7.41. The number of non-ortho nitro benzene ring substituents is 1. The van der Waals surface area contributed by atoms with Crippen molar-refractivity contribution in [3.63, 3.8) is 0 Å². The van der Waals surface area contributed by atoms with Crippen LogP contribution in [0.5, 0.6) is 5.75 Å². The molecule has 1 amide bonds. The minimum atomic E-state index is -0.587. The van der Waals surface area contributed by atoms with Gasteiger partial charge in [-0.2, -0.15) is 5.10 Å². The third-order valence-electron chi connectivity index (χ3n) is 3.47. The van der Waals surface area contributed by atoms with Crippen molar-refractivity contribution in [2.75, 3.05) is 19.0 Å². The zero-order chi connectivity index (χ0) is 21.4. The average molecular weight is 414 g/mol. The molecule has 0 saturated heterocycles. The summed E-state index contributed by atoms with van der Waals surface area (Å²) in [5.74, 6) is 13.3. The first kappa shape index (κ1) is 21.5. The van der Waals surface area contributed by atoms with Gasteiger partial charge in [0.2, 0.25) is 5.17 Å². The number of nitrogens with two attached hydrogens (primary N) is 2. The second-order valence-electron chi connectivity index (χ2n) is 5.53. The number of carbonyl (C=O) groups is 1. The van der Waals surface area contributed by atoms with E-state index in [1.807, 2.05) is 0 Å². The predicted octanol–water partition coefficient (Wildman–Crippen LogP) is 1.99. The number of thioether (sulfide) groups is 1. The number of amidine groups is 1. The Balaban J connectivity index is 2.30. The van der Waals surface area contributed by atoms with E-state index in [4.69, 9.17) is 22.8 Å². The number of benzene rings is 2. The Morgan fingerprint density at radius 2 is 2.07 bits per heavy atom. The molecule has 0 aromatic heterocycles. The lowest BCUT2D eigenvalue weighted by molar-refractivity contribution is -0.384. The van der Waals surface area contributed by atoms with E-state index in [0.29, 0.717) is 16.3 Å². The number of hydrogen-bond acceptors (Lipinski definition) is 8. The fourth-order valence-electron chi connectivity index (χ4n) is 2.14. The number of ether oxygens (including phenoxy) is 1. The molecule has 29 heavy (non-hydrogen) atoms. The first-order valence-electron chi connectivity index (χ1n) is 8.06. The maximum absolute atomic E-state index is 12.8. The van der Waals surface area contributed by atoms with Crippen LogP contribution in [0.2, 0.25) is 0 Å². The molecule has 10 nitrogen and oxygen atoms in total. The fraction of sp³-hybridized carbons (Fsp3) is 0.111. The molecule has 0 aliphatic rings. The van der Waals surface area contributed by atoms with Crippen molar-refractivity contribution in [3.8, 4) is 18.1 Å². The lowest BCUT2D eigenvalue weighted by atomic mass is 10.2. The van der Waals surface area contributed by atoms with Gasteiger partial charge in [0.15, 0.2) is 0 Å². The smallest absolute Gasteiger partial charge is 0.270 e. The summed E-state index contributed by atoms with van der Waals surface area (Å²) >= 11 is 0.998. The second-order valence-corrected chi connectivity index (χ2v) is 6.54. The van der Waals surface area contributed by atoms with Crippen LogP contribution in [-0.2, 0) is 0 Å². The van der Waals surface area contributed by atoms with Crippen molar-refractivity contribution >= 4 is 34.2 Å². The Labute approximate surface area is 171 Å². The highest BCUT2D eigenvalue weighted by Crippen LogP contribution is 2.29. The molecule has 5 N–H and O–H groups in total. The molecule has 0 unspecified atom stereocenters. The van der Waals surface area contributed by atoms with E-state index >= 15 is 0 Å². The molecule has 150 valence electrons. The number of nitro benzene ring substituents is 1. The first-order chi connectivity index (χ1) is 13.8. The largest absolute Gasteiger partial charge is 0.481 e. The molecule has 11 heteroatoms. The highest BCUT2D eigenvalue weighted by Gasteiger charge is 2.19. The average Bonchev–Trinajstić information content (AvgIpc) is 2.71.